The van der Waals surface area contributed by atoms with Crippen LogP contribution in [0.3, 0.4) is 0 Å². The average molecular weight is 443 g/mol. The van der Waals surface area contributed by atoms with Crippen LogP contribution in [0.15, 0.2) is 65.3 Å². The molecule has 2 aromatic carbocycles. The highest BCUT2D eigenvalue weighted by molar-refractivity contribution is 6.42. The predicted molar refractivity (Wildman–Crippen MR) is 108 cm³/mol. The maximum absolute atomic E-state index is 13.1. The molecule has 4 rings (SSSR count). The first kappa shape index (κ1) is 19.9. The third-order valence-corrected chi connectivity index (χ3v) is 5.00. The summed E-state index contributed by atoms with van der Waals surface area (Å²) in [5.41, 5.74) is 0.240. The van der Waals surface area contributed by atoms with Crippen LogP contribution in [-0.4, -0.2) is 16.7 Å². The second-order valence-electron chi connectivity index (χ2n) is 6.21. The van der Waals surface area contributed by atoms with E-state index in [9.17, 15) is 14.8 Å². The van der Waals surface area contributed by atoms with Crippen molar-refractivity contribution in [2.45, 2.75) is 6.61 Å². The fourth-order valence-corrected chi connectivity index (χ4v) is 3.18. The second kappa shape index (κ2) is 8.14. The van der Waals surface area contributed by atoms with Gasteiger partial charge in [-0.2, -0.15) is 4.73 Å². The maximum atomic E-state index is 13.1. The molecule has 0 aliphatic heterocycles. The number of ether oxygens (including phenoxy) is 1. The standard InChI is InChI=1S/C21H12Cl2N2O5/c22-13-9-15-17(10-14(13)23)25(28)19(20(26)12-5-2-1-3-6-12)16(24-15)11-30-21(27)18-7-4-8-29-18/h1-10H,11H2. The summed E-state index contributed by atoms with van der Waals surface area (Å²) >= 11 is 12.1. The molecular formula is C21H12Cl2N2O5. The fraction of sp³-hybridized carbons (Fsp3) is 0.0476. The lowest BCUT2D eigenvalue weighted by Crippen LogP contribution is -2.38. The van der Waals surface area contributed by atoms with Gasteiger partial charge in [0.25, 0.3) is 11.5 Å². The number of fused-ring (bicyclic) bond motifs is 1. The van der Waals surface area contributed by atoms with Crippen molar-refractivity contribution >= 4 is 46.0 Å². The van der Waals surface area contributed by atoms with Crippen LogP contribution in [0.4, 0.5) is 0 Å². The number of carbonyl (C=O) groups excluding carboxylic acids is 2. The number of hydrogen-bond acceptors (Lipinski definition) is 6. The van der Waals surface area contributed by atoms with Crippen molar-refractivity contribution < 1.29 is 23.5 Å². The van der Waals surface area contributed by atoms with Gasteiger partial charge in [-0.25, -0.2) is 9.78 Å². The molecule has 150 valence electrons. The molecule has 0 aliphatic carbocycles. The molecule has 0 radical (unpaired) electrons. The van der Waals surface area contributed by atoms with Gasteiger partial charge in [0.1, 0.15) is 12.1 Å². The first-order chi connectivity index (χ1) is 14.5. The Balaban J connectivity index is 1.82. The first-order valence-electron chi connectivity index (χ1n) is 8.67. The molecule has 0 fully saturated rings. The maximum Gasteiger partial charge on any atom is 0.374 e. The third kappa shape index (κ3) is 3.72. The summed E-state index contributed by atoms with van der Waals surface area (Å²) in [7, 11) is 0. The number of rotatable bonds is 5. The van der Waals surface area contributed by atoms with Crippen LogP contribution in [0.1, 0.15) is 32.3 Å². The highest BCUT2D eigenvalue weighted by atomic mass is 35.5. The van der Waals surface area contributed by atoms with Crippen molar-refractivity contribution in [3.63, 3.8) is 0 Å². The highest BCUT2D eigenvalue weighted by Crippen LogP contribution is 2.26. The SMILES string of the molecule is O=C(OCc1nc2cc(Cl)c(Cl)cc2[n+]([O-])c1C(=O)c1ccccc1)c1ccco1. The summed E-state index contributed by atoms with van der Waals surface area (Å²) in [4.78, 5) is 29.5. The number of hydrogen-bond donors (Lipinski definition) is 0. The van der Waals surface area contributed by atoms with Gasteiger partial charge in [-0.1, -0.05) is 53.5 Å². The lowest BCUT2D eigenvalue weighted by Gasteiger charge is -2.12. The topological polar surface area (TPSA) is 96.3 Å². The number of aromatic nitrogens is 2. The molecule has 7 nitrogen and oxygen atoms in total. The molecule has 2 heterocycles. The number of benzene rings is 2. The van der Waals surface area contributed by atoms with Crippen molar-refractivity contribution in [3.05, 3.63) is 98.8 Å². The largest absolute Gasteiger partial charge is 0.618 e. The lowest BCUT2D eigenvalue weighted by atomic mass is 10.1. The van der Waals surface area contributed by atoms with E-state index in [0.717, 1.165) is 0 Å². The van der Waals surface area contributed by atoms with Crippen molar-refractivity contribution in [2.75, 3.05) is 0 Å². The Morgan fingerprint density at radius 2 is 1.80 bits per heavy atom. The third-order valence-electron chi connectivity index (χ3n) is 4.28. The van der Waals surface area contributed by atoms with E-state index in [1.165, 1.54) is 30.5 Å². The molecule has 2 aromatic heterocycles. The number of furan rings is 1. The molecule has 0 spiro atoms. The molecule has 9 heteroatoms. The summed E-state index contributed by atoms with van der Waals surface area (Å²) in [6.45, 7) is -0.425. The van der Waals surface area contributed by atoms with Crippen molar-refractivity contribution in [1.82, 2.24) is 4.98 Å². The molecular weight excluding hydrogens is 431 g/mol. The minimum atomic E-state index is -0.758. The Hall–Kier alpha value is -3.42. The van der Waals surface area contributed by atoms with Gasteiger partial charge in [-0.15, -0.1) is 0 Å². The zero-order valence-corrected chi connectivity index (χ0v) is 16.7. The van der Waals surface area contributed by atoms with Crippen molar-refractivity contribution in [3.8, 4) is 0 Å². The Morgan fingerprint density at radius 1 is 1.07 bits per heavy atom. The molecule has 0 saturated heterocycles. The minimum Gasteiger partial charge on any atom is -0.618 e. The molecule has 0 saturated carbocycles. The van der Waals surface area contributed by atoms with Crippen LogP contribution in [-0.2, 0) is 11.3 Å². The molecule has 4 aromatic rings. The summed E-state index contributed by atoms with van der Waals surface area (Å²) in [6, 6.07) is 13.9. The Morgan fingerprint density at radius 3 is 2.50 bits per heavy atom. The number of ketones is 1. The van der Waals surface area contributed by atoms with Gasteiger partial charge in [-0.05, 0) is 18.2 Å². The Labute approximate surface area is 180 Å². The van der Waals surface area contributed by atoms with Gasteiger partial charge in [0.15, 0.2) is 5.69 Å². The molecule has 0 bridgehead atoms. The molecule has 0 aliphatic rings. The van der Waals surface area contributed by atoms with Gasteiger partial charge in [0.05, 0.1) is 16.3 Å². The second-order valence-corrected chi connectivity index (χ2v) is 7.02. The van der Waals surface area contributed by atoms with E-state index in [1.807, 2.05) is 0 Å². The fourth-order valence-electron chi connectivity index (χ4n) is 2.86. The lowest BCUT2D eigenvalue weighted by molar-refractivity contribution is -0.580. The van der Waals surface area contributed by atoms with Gasteiger partial charge >= 0.3 is 5.97 Å². The zero-order valence-electron chi connectivity index (χ0n) is 15.2. The smallest absolute Gasteiger partial charge is 0.374 e. The molecule has 0 N–H and O–H groups in total. The summed E-state index contributed by atoms with van der Waals surface area (Å²) in [5, 5.41) is 13.4. The summed E-state index contributed by atoms with van der Waals surface area (Å²) in [6.07, 6.45) is 1.33. The number of nitrogens with zero attached hydrogens (tertiary/aromatic N) is 2. The van der Waals surface area contributed by atoms with E-state index in [4.69, 9.17) is 32.4 Å². The molecule has 0 atom stereocenters. The Kier molecular flexibility index (Phi) is 5.39. The predicted octanol–water partition coefficient (Wildman–Crippen LogP) is 4.36. The molecule has 0 unspecified atom stereocenters. The number of carbonyl (C=O) groups is 2. The number of esters is 1. The quantitative estimate of drug-likeness (QED) is 0.197. The highest BCUT2D eigenvalue weighted by Gasteiger charge is 2.29. The van der Waals surface area contributed by atoms with Crippen LogP contribution in [0, 0.1) is 5.21 Å². The van der Waals surface area contributed by atoms with E-state index in [2.05, 4.69) is 4.98 Å². The van der Waals surface area contributed by atoms with E-state index < -0.39 is 18.4 Å². The van der Waals surface area contributed by atoms with E-state index >= 15 is 0 Å². The van der Waals surface area contributed by atoms with Gasteiger partial charge in [0.2, 0.25) is 11.3 Å². The van der Waals surface area contributed by atoms with E-state index in [1.54, 1.807) is 30.3 Å². The van der Waals surface area contributed by atoms with Crippen LogP contribution < -0.4 is 4.73 Å². The van der Waals surface area contributed by atoms with Crippen LogP contribution >= 0.6 is 23.2 Å². The number of halogens is 2. The average Bonchev–Trinajstić information content (AvgIpc) is 3.29. The van der Waals surface area contributed by atoms with Gasteiger partial charge in [-0.3, -0.25) is 4.79 Å². The Bertz CT molecular complexity index is 1260. The van der Waals surface area contributed by atoms with E-state index in [-0.39, 0.29) is 43.8 Å². The summed E-state index contributed by atoms with van der Waals surface area (Å²) in [5.74, 6) is -1.35. The van der Waals surface area contributed by atoms with Gasteiger partial charge < -0.3 is 14.4 Å². The first-order valence-corrected chi connectivity index (χ1v) is 9.43. The summed E-state index contributed by atoms with van der Waals surface area (Å²) < 4.78 is 10.6. The minimum absolute atomic E-state index is 0.0171. The van der Waals surface area contributed by atoms with Crippen LogP contribution in [0.2, 0.25) is 10.0 Å². The molecule has 0 amide bonds. The van der Waals surface area contributed by atoms with Crippen molar-refractivity contribution in [2.24, 2.45) is 0 Å². The zero-order chi connectivity index (χ0) is 21.3. The van der Waals surface area contributed by atoms with Crippen LogP contribution in [0.25, 0.3) is 11.0 Å². The normalized spacial score (nSPS) is 10.9. The van der Waals surface area contributed by atoms with Gasteiger partial charge in [0, 0.05) is 11.6 Å². The van der Waals surface area contributed by atoms with Crippen molar-refractivity contribution in [1.29, 1.82) is 0 Å². The molecule has 30 heavy (non-hydrogen) atoms. The van der Waals surface area contributed by atoms with Crippen LogP contribution in [0.5, 0.6) is 0 Å². The van der Waals surface area contributed by atoms with E-state index in [0.29, 0.717) is 4.73 Å². The monoisotopic (exact) mass is 442 g/mol.